The zero-order chi connectivity index (χ0) is 25.0. The summed E-state index contributed by atoms with van der Waals surface area (Å²) in [6, 6.07) is 18.6. The molecule has 0 fully saturated rings. The number of hydrogen-bond acceptors (Lipinski definition) is 8. The van der Waals surface area contributed by atoms with E-state index in [1.54, 1.807) is 42.5 Å². The molecule has 0 unspecified atom stereocenters. The maximum absolute atomic E-state index is 12.7. The number of ether oxygens (including phenoxy) is 5. The number of rotatable bonds is 11. The first kappa shape index (κ1) is 25.1. The summed E-state index contributed by atoms with van der Waals surface area (Å²) in [7, 11) is 3.00. The van der Waals surface area contributed by atoms with E-state index in [1.165, 1.54) is 26.5 Å². The van der Waals surface area contributed by atoms with E-state index in [4.69, 9.17) is 23.7 Å². The first-order valence-corrected chi connectivity index (χ1v) is 10.7. The Morgan fingerprint density at radius 3 is 2.31 bits per heavy atom. The van der Waals surface area contributed by atoms with Gasteiger partial charge in [-0.1, -0.05) is 18.2 Å². The van der Waals surface area contributed by atoms with Crippen molar-refractivity contribution in [3.05, 3.63) is 77.9 Å². The maximum atomic E-state index is 12.7. The molecule has 0 bridgehead atoms. The summed E-state index contributed by atoms with van der Waals surface area (Å²) in [6.07, 6.45) is 1.45. The van der Waals surface area contributed by atoms with E-state index < -0.39 is 11.9 Å². The Hall–Kier alpha value is -4.53. The number of amides is 1. The summed E-state index contributed by atoms with van der Waals surface area (Å²) in [5.41, 5.74) is 3.32. The fraction of sp³-hybridized carbons (Fsp3) is 0.192. The van der Waals surface area contributed by atoms with Gasteiger partial charge in [-0.15, -0.1) is 0 Å². The van der Waals surface area contributed by atoms with Crippen molar-refractivity contribution in [3.8, 4) is 28.7 Å². The van der Waals surface area contributed by atoms with Crippen molar-refractivity contribution in [2.75, 3.05) is 27.4 Å². The van der Waals surface area contributed by atoms with E-state index in [0.29, 0.717) is 35.2 Å². The van der Waals surface area contributed by atoms with Crippen LogP contribution in [0.1, 0.15) is 22.8 Å². The third kappa shape index (κ3) is 7.23. The average molecular weight is 479 g/mol. The summed E-state index contributed by atoms with van der Waals surface area (Å²) < 4.78 is 27.0. The molecule has 0 radical (unpaired) electrons. The van der Waals surface area contributed by atoms with Gasteiger partial charge < -0.3 is 23.7 Å². The van der Waals surface area contributed by atoms with E-state index in [2.05, 4.69) is 10.5 Å². The van der Waals surface area contributed by atoms with Gasteiger partial charge in [0.15, 0.2) is 29.6 Å². The number of nitrogens with zero attached hydrogens (tertiary/aromatic N) is 1. The highest BCUT2D eigenvalue weighted by molar-refractivity contribution is 5.92. The van der Waals surface area contributed by atoms with Gasteiger partial charge in [0, 0.05) is 0 Å². The lowest BCUT2D eigenvalue weighted by Gasteiger charge is -2.12. The van der Waals surface area contributed by atoms with Gasteiger partial charge in [0.1, 0.15) is 5.75 Å². The number of methoxy groups -OCH3 is 2. The molecule has 0 saturated carbocycles. The molecule has 0 heterocycles. The van der Waals surface area contributed by atoms with Gasteiger partial charge in [0.2, 0.25) is 0 Å². The topological polar surface area (TPSA) is 105 Å². The monoisotopic (exact) mass is 478 g/mol. The zero-order valence-corrected chi connectivity index (χ0v) is 19.6. The minimum Gasteiger partial charge on any atom is -0.493 e. The molecule has 0 atom stereocenters. The third-order valence-electron chi connectivity index (χ3n) is 4.61. The van der Waals surface area contributed by atoms with E-state index >= 15 is 0 Å². The van der Waals surface area contributed by atoms with E-state index in [0.717, 1.165) is 0 Å². The Morgan fingerprint density at radius 1 is 0.857 bits per heavy atom. The van der Waals surface area contributed by atoms with Crippen molar-refractivity contribution < 1.29 is 33.3 Å². The number of carbonyl (C=O) groups excluding carboxylic acids is 2. The predicted octanol–water partition coefficient (Wildman–Crippen LogP) is 3.85. The predicted molar refractivity (Wildman–Crippen MR) is 130 cm³/mol. The first-order chi connectivity index (χ1) is 17.0. The highest BCUT2D eigenvalue weighted by Gasteiger charge is 2.16. The van der Waals surface area contributed by atoms with Gasteiger partial charge in [-0.25, -0.2) is 10.2 Å². The van der Waals surface area contributed by atoms with Crippen LogP contribution in [0.25, 0.3) is 0 Å². The van der Waals surface area contributed by atoms with Crippen LogP contribution in [0, 0.1) is 0 Å². The summed E-state index contributed by atoms with van der Waals surface area (Å²) in [6.45, 7) is 2.00. The Bertz CT molecular complexity index is 1180. The maximum Gasteiger partial charge on any atom is 0.343 e. The van der Waals surface area contributed by atoms with Crippen LogP contribution >= 0.6 is 0 Å². The molecule has 1 N–H and O–H groups in total. The van der Waals surface area contributed by atoms with Crippen LogP contribution in [-0.2, 0) is 4.79 Å². The van der Waals surface area contributed by atoms with Crippen LogP contribution < -0.4 is 29.1 Å². The van der Waals surface area contributed by atoms with Crippen molar-refractivity contribution in [2.45, 2.75) is 6.92 Å². The Balaban J connectivity index is 1.63. The fourth-order valence-corrected chi connectivity index (χ4v) is 2.96. The largest absolute Gasteiger partial charge is 0.493 e. The quantitative estimate of drug-likeness (QED) is 0.193. The summed E-state index contributed by atoms with van der Waals surface area (Å²) in [5.74, 6) is 1.10. The van der Waals surface area contributed by atoms with Crippen LogP contribution in [-0.4, -0.2) is 45.5 Å². The number of carbonyl (C=O) groups is 2. The number of benzene rings is 3. The smallest absolute Gasteiger partial charge is 0.343 e. The summed E-state index contributed by atoms with van der Waals surface area (Å²) in [4.78, 5) is 24.6. The van der Waals surface area contributed by atoms with Crippen LogP contribution in [0.15, 0.2) is 71.8 Å². The minimum absolute atomic E-state index is 0.170. The van der Waals surface area contributed by atoms with Crippen molar-refractivity contribution in [3.63, 3.8) is 0 Å². The second kappa shape index (κ2) is 12.6. The Morgan fingerprint density at radius 2 is 1.60 bits per heavy atom. The SMILES string of the molecule is CCOc1cc(/C=N/NC(=O)COc2ccccc2)ccc1OC(=O)c1ccc(OC)c(OC)c1. The van der Waals surface area contributed by atoms with Gasteiger partial charge in [-0.05, 0) is 61.0 Å². The summed E-state index contributed by atoms with van der Waals surface area (Å²) >= 11 is 0. The molecule has 3 aromatic rings. The lowest BCUT2D eigenvalue weighted by molar-refractivity contribution is -0.123. The van der Waals surface area contributed by atoms with E-state index in [9.17, 15) is 9.59 Å². The highest BCUT2D eigenvalue weighted by Crippen LogP contribution is 2.31. The number of hydrazone groups is 1. The van der Waals surface area contributed by atoms with Gasteiger partial charge in [-0.3, -0.25) is 4.79 Å². The molecule has 35 heavy (non-hydrogen) atoms. The van der Waals surface area contributed by atoms with Gasteiger partial charge >= 0.3 is 5.97 Å². The molecule has 0 spiro atoms. The molecule has 9 heteroatoms. The van der Waals surface area contributed by atoms with Gasteiger partial charge in [-0.2, -0.15) is 5.10 Å². The number of para-hydroxylation sites is 1. The first-order valence-electron chi connectivity index (χ1n) is 10.7. The van der Waals surface area contributed by atoms with E-state index in [-0.39, 0.29) is 17.9 Å². The Kier molecular flexibility index (Phi) is 9.07. The minimum atomic E-state index is -0.584. The normalized spacial score (nSPS) is 10.5. The molecule has 3 aromatic carbocycles. The van der Waals surface area contributed by atoms with Crippen LogP contribution in [0.4, 0.5) is 0 Å². The van der Waals surface area contributed by atoms with E-state index in [1.807, 2.05) is 25.1 Å². The lowest BCUT2D eigenvalue weighted by atomic mass is 10.2. The second-order valence-electron chi connectivity index (χ2n) is 6.99. The number of nitrogens with one attached hydrogen (secondary N) is 1. The second-order valence-corrected chi connectivity index (χ2v) is 6.99. The number of esters is 1. The molecule has 9 nitrogen and oxygen atoms in total. The molecule has 0 aliphatic rings. The van der Waals surface area contributed by atoms with Gasteiger partial charge in [0.05, 0.1) is 32.6 Å². The lowest BCUT2D eigenvalue weighted by Crippen LogP contribution is -2.24. The molecule has 0 aromatic heterocycles. The van der Waals surface area contributed by atoms with Crippen molar-refractivity contribution in [2.24, 2.45) is 5.10 Å². The molecule has 0 saturated heterocycles. The molecule has 182 valence electrons. The molecular formula is C26H26N2O7. The molecule has 0 aliphatic heterocycles. The number of hydrogen-bond donors (Lipinski definition) is 1. The third-order valence-corrected chi connectivity index (χ3v) is 4.61. The Labute approximate surface area is 203 Å². The summed E-state index contributed by atoms with van der Waals surface area (Å²) in [5, 5.41) is 3.94. The van der Waals surface area contributed by atoms with Crippen LogP contribution in [0.5, 0.6) is 28.7 Å². The van der Waals surface area contributed by atoms with Crippen LogP contribution in [0.2, 0.25) is 0 Å². The molecule has 0 aliphatic carbocycles. The molecular weight excluding hydrogens is 452 g/mol. The standard InChI is InChI=1S/C26H26N2O7/c1-4-33-24-14-18(16-27-28-25(29)17-34-20-8-6-5-7-9-20)10-12-22(24)35-26(30)19-11-13-21(31-2)23(15-19)32-3/h5-16H,4,17H2,1-3H3,(H,28,29)/b27-16+. The highest BCUT2D eigenvalue weighted by atomic mass is 16.6. The van der Waals surface area contributed by atoms with Crippen molar-refractivity contribution in [1.82, 2.24) is 5.43 Å². The van der Waals surface area contributed by atoms with Crippen molar-refractivity contribution >= 4 is 18.1 Å². The van der Waals surface area contributed by atoms with Gasteiger partial charge in [0.25, 0.3) is 5.91 Å². The molecule has 3 rings (SSSR count). The fourth-order valence-electron chi connectivity index (χ4n) is 2.96. The molecule has 1 amide bonds. The average Bonchev–Trinajstić information content (AvgIpc) is 2.89. The van der Waals surface area contributed by atoms with Crippen molar-refractivity contribution in [1.29, 1.82) is 0 Å². The van der Waals surface area contributed by atoms with Crippen LogP contribution in [0.3, 0.4) is 0 Å². The zero-order valence-electron chi connectivity index (χ0n) is 19.6.